The smallest absolute Gasteiger partial charge is 0.217 e. The fourth-order valence-electron chi connectivity index (χ4n) is 2.19. The van der Waals surface area contributed by atoms with Crippen LogP contribution in [0.15, 0.2) is 0 Å². The van der Waals surface area contributed by atoms with Crippen LogP contribution in [0.1, 0.15) is 33.1 Å². The number of hydrogen-bond acceptors (Lipinski definition) is 3. The molecule has 0 radical (unpaired) electrons. The summed E-state index contributed by atoms with van der Waals surface area (Å²) in [5.74, 6) is 0. The Morgan fingerprint density at radius 3 is 2.47 bits per heavy atom. The van der Waals surface area contributed by atoms with Gasteiger partial charge in [0, 0.05) is 25.2 Å². The third-order valence-electron chi connectivity index (χ3n) is 3.37. The van der Waals surface area contributed by atoms with Crippen molar-refractivity contribution in [2.45, 2.75) is 43.9 Å². The molecular formula is C10H20N2O2S. The first-order chi connectivity index (χ1) is 6.92. The lowest BCUT2D eigenvalue weighted by atomic mass is 10.00. The fourth-order valence-corrected chi connectivity index (χ4v) is 4.39. The Balaban J connectivity index is 2.09. The van der Waals surface area contributed by atoms with Crippen molar-refractivity contribution in [1.29, 1.82) is 0 Å². The zero-order valence-corrected chi connectivity index (χ0v) is 10.3. The maximum absolute atomic E-state index is 12.2. The average Bonchev–Trinajstić information content (AvgIpc) is 1.97. The quantitative estimate of drug-likeness (QED) is 0.756. The molecule has 0 unspecified atom stereocenters. The van der Waals surface area contributed by atoms with E-state index >= 15 is 0 Å². The first-order valence-corrected chi connectivity index (χ1v) is 7.16. The van der Waals surface area contributed by atoms with Crippen LogP contribution in [-0.4, -0.2) is 43.1 Å². The standard InChI is InChI=1S/C10H20N2O2S/c1-10(2)8-12(7-6-11-10)15(13,14)9-4-3-5-9/h9,11H,3-8H2,1-2H3. The third-order valence-corrected chi connectivity index (χ3v) is 5.72. The Kier molecular flexibility index (Phi) is 2.81. The molecule has 1 heterocycles. The topological polar surface area (TPSA) is 49.4 Å². The normalized spacial score (nSPS) is 28.7. The predicted molar refractivity (Wildman–Crippen MR) is 60.2 cm³/mol. The van der Waals surface area contributed by atoms with Gasteiger partial charge in [-0.3, -0.25) is 0 Å². The van der Waals surface area contributed by atoms with Crippen LogP contribution in [0.25, 0.3) is 0 Å². The highest BCUT2D eigenvalue weighted by Crippen LogP contribution is 2.29. The van der Waals surface area contributed by atoms with E-state index in [9.17, 15) is 8.42 Å². The van der Waals surface area contributed by atoms with Crippen LogP contribution in [0, 0.1) is 0 Å². The van der Waals surface area contributed by atoms with Gasteiger partial charge in [0.2, 0.25) is 10.0 Å². The summed E-state index contributed by atoms with van der Waals surface area (Å²) in [6.07, 6.45) is 2.78. The van der Waals surface area contributed by atoms with Crippen LogP contribution < -0.4 is 5.32 Å². The maximum Gasteiger partial charge on any atom is 0.217 e. The third kappa shape index (κ3) is 2.19. The highest BCUT2D eigenvalue weighted by atomic mass is 32.2. The van der Waals surface area contributed by atoms with E-state index in [0.717, 1.165) is 25.8 Å². The second-order valence-electron chi connectivity index (χ2n) is 5.24. The average molecular weight is 232 g/mol. The summed E-state index contributed by atoms with van der Waals surface area (Å²) in [5.41, 5.74) is -0.0882. The van der Waals surface area contributed by atoms with Crippen molar-refractivity contribution >= 4 is 10.0 Å². The number of nitrogens with one attached hydrogen (secondary N) is 1. The first-order valence-electron chi connectivity index (χ1n) is 5.66. The van der Waals surface area contributed by atoms with E-state index in [-0.39, 0.29) is 10.8 Å². The zero-order valence-electron chi connectivity index (χ0n) is 9.49. The predicted octanol–water partition coefficient (Wildman–Crippen LogP) is 0.553. The number of sulfonamides is 1. The summed E-state index contributed by atoms with van der Waals surface area (Å²) in [7, 11) is -3.00. The molecule has 5 heteroatoms. The highest BCUT2D eigenvalue weighted by molar-refractivity contribution is 7.89. The first kappa shape index (κ1) is 11.4. The summed E-state index contributed by atoms with van der Waals surface area (Å²) in [5, 5.41) is 3.24. The van der Waals surface area contributed by atoms with Crippen LogP contribution in [-0.2, 0) is 10.0 Å². The summed E-state index contributed by atoms with van der Waals surface area (Å²) < 4.78 is 26.0. The molecule has 2 rings (SSSR count). The van der Waals surface area contributed by atoms with Gasteiger partial charge in [-0.2, -0.15) is 4.31 Å². The molecule has 4 nitrogen and oxygen atoms in total. The van der Waals surface area contributed by atoms with Gasteiger partial charge < -0.3 is 5.32 Å². The van der Waals surface area contributed by atoms with Gasteiger partial charge in [0.1, 0.15) is 0 Å². The second-order valence-corrected chi connectivity index (χ2v) is 7.46. The lowest BCUT2D eigenvalue weighted by Crippen LogP contribution is -2.60. The largest absolute Gasteiger partial charge is 0.309 e. The molecule has 0 bridgehead atoms. The van der Waals surface area contributed by atoms with Crippen LogP contribution in [0.4, 0.5) is 0 Å². The van der Waals surface area contributed by atoms with Crippen molar-refractivity contribution in [2.75, 3.05) is 19.6 Å². The maximum atomic E-state index is 12.2. The summed E-state index contributed by atoms with van der Waals surface area (Å²) in [6, 6.07) is 0. The number of nitrogens with zero attached hydrogens (tertiary/aromatic N) is 1. The van der Waals surface area contributed by atoms with E-state index in [4.69, 9.17) is 0 Å². The van der Waals surface area contributed by atoms with Gasteiger partial charge in [-0.15, -0.1) is 0 Å². The Morgan fingerprint density at radius 1 is 1.33 bits per heavy atom. The Hall–Kier alpha value is -0.130. The van der Waals surface area contributed by atoms with Crippen molar-refractivity contribution in [1.82, 2.24) is 9.62 Å². The molecule has 2 aliphatic rings. The molecule has 0 aromatic carbocycles. The minimum absolute atomic E-state index is 0.0882. The van der Waals surface area contributed by atoms with Gasteiger partial charge in [0.05, 0.1) is 5.25 Å². The van der Waals surface area contributed by atoms with E-state index in [1.54, 1.807) is 4.31 Å². The molecule has 1 aliphatic carbocycles. The van der Waals surface area contributed by atoms with E-state index in [2.05, 4.69) is 19.2 Å². The monoisotopic (exact) mass is 232 g/mol. The van der Waals surface area contributed by atoms with Gasteiger partial charge >= 0.3 is 0 Å². The SMILES string of the molecule is CC1(C)CN(S(=O)(=O)C2CCC2)CCN1. The number of hydrogen-bond donors (Lipinski definition) is 1. The molecule has 0 aromatic heterocycles. The Bertz CT molecular complexity index is 333. The molecule has 1 saturated carbocycles. The molecule has 1 N–H and O–H groups in total. The molecular weight excluding hydrogens is 212 g/mol. The molecule has 0 atom stereocenters. The zero-order chi connectivity index (χ0) is 11.1. The van der Waals surface area contributed by atoms with Crippen molar-refractivity contribution in [2.24, 2.45) is 0 Å². The van der Waals surface area contributed by atoms with Crippen molar-refractivity contribution in [3.63, 3.8) is 0 Å². The van der Waals surface area contributed by atoms with Crippen molar-refractivity contribution in [3.8, 4) is 0 Å². The fraction of sp³-hybridized carbons (Fsp3) is 1.00. The van der Waals surface area contributed by atoms with Crippen LogP contribution in [0.3, 0.4) is 0 Å². The molecule has 2 fully saturated rings. The lowest BCUT2D eigenvalue weighted by molar-refractivity contribution is 0.229. The van der Waals surface area contributed by atoms with E-state index < -0.39 is 10.0 Å². The van der Waals surface area contributed by atoms with E-state index in [0.29, 0.717) is 13.1 Å². The summed E-state index contributed by atoms with van der Waals surface area (Å²) >= 11 is 0. The molecule has 88 valence electrons. The number of rotatable bonds is 2. The molecule has 1 aliphatic heterocycles. The molecule has 15 heavy (non-hydrogen) atoms. The van der Waals surface area contributed by atoms with Gasteiger partial charge in [-0.25, -0.2) is 8.42 Å². The Morgan fingerprint density at radius 2 is 2.00 bits per heavy atom. The van der Waals surface area contributed by atoms with Crippen molar-refractivity contribution in [3.05, 3.63) is 0 Å². The lowest BCUT2D eigenvalue weighted by Gasteiger charge is -2.41. The minimum atomic E-state index is -3.00. The van der Waals surface area contributed by atoms with Crippen LogP contribution in [0.5, 0.6) is 0 Å². The van der Waals surface area contributed by atoms with E-state index in [1.165, 1.54) is 0 Å². The second kappa shape index (κ2) is 3.71. The molecule has 1 saturated heterocycles. The van der Waals surface area contributed by atoms with Gasteiger partial charge in [0.15, 0.2) is 0 Å². The van der Waals surface area contributed by atoms with Crippen LogP contribution >= 0.6 is 0 Å². The number of piperazine rings is 1. The molecule has 0 spiro atoms. The highest BCUT2D eigenvalue weighted by Gasteiger charge is 2.39. The Labute approximate surface area is 92.1 Å². The van der Waals surface area contributed by atoms with Gasteiger partial charge in [-0.05, 0) is 26.7 Å². The summed E-state index contributed by atoms with van der Waals surface area (Å²) in [6.45, 7) is 6.10. The minimum Gasteiger partial charge on any atom is -0.309 e. The van der Waals surface area contributed by atoms with Crippen LogP contribution in [0.2, 0.25) is 0 Å². The van der Waals surface area contributed by atoms with Crippen molar-refractivity contribution < 1.29 is 8.42 Å². The van der Waals surface area contributed by atoms with Gasteiger partial charge in [-0.1, -0.05) is 6.42 Å². The van der Waals surface area contributed by atoms with Gasteiger partial charge in [0.25, 0.3) is 0 Å². The molecule has 0 aromatic rings. The molecule has 0 amide bonds. The summed E-state index contributed by atoms with van der Waals surface area (Å²) in [4.78, 5) is 0. The van der Waals surface area contributed by atoms with E-state index in [1.807, 2.05) is 0 Å².